The summed E-state index contributed by atoms with van der Waals surface area (Å²) in [4.78, 5) is -0.399. The molecule has 0 saturated heterocycles. The number of sulfone groups is 1. The third-order valence-corrected chi connectivity index (χ3v) is 15.0. The molecule has 37 heavy (non-hydrogen) atoms. The molecule has 2 aromatic carbocycles. The van der Waals surface area contributed by atoms with Gasteiger partial charge in [0.05, 0.1) is 10.5 Å². The Balaban J connectivity index is 2.12. The molecule has 0 heterocycles. The fourth-order valence-electron chi connectivity index (χ4n) is 4.56. The second-order valence-corrected chi connectivity index (χ2v) is 18.5. The van der Waals surface area contributed by atoms with Crippen molar-refractivity contribution in [1.29, 1.82) is 0 Å². The van der Waals surface area contributed by atoms with Gasteiger partial charge in [-0.1, -0.05) is 20.8 Å². The van der Waals surface area contributed by atoms with Crippen molar-refractivity contribution in [2.24, 2.45) is 11.7 Å². The van der Waals surface area contributed by atoms with Crippen LogP contribution in [0.25, 0.3) is 0 Å². The molecule has 206 valence electrons. The maximum absolute atomic E-state index is 15.2. The average Bonchev–Trinajstić information content (AvgIpc) is 2.79. The Morgan fingerprint density at radius 1 is 1.05 bits per heavy atom. The summed E-state index contributed by atoms with van der Waals surface area (Å²) >= 11 is 0. The molecule has 1 aliphatic carbocycles. The highest BCUT2D eigenvalue weighted by molar-refractivity contribution is 7.92. The summed E-state index contributed by atoms with van der Waals surface area (Å²) in [5, 5.41) is -0.121. The quantitative estimate of drug-likeness (QED) is 0.310. The molecule has 2 aromatic rings. The highest BCUT2D eigenvalue weighted by Crippen LogP contribution is 2.50. The first-order valence-corrected chi connectivity index (χ1v) is 16.5. The van der Waals surface area contributed by atoms with Crippen LogP contribution in [0, 0.1) is 17.6 Å². The number of halogens is 5. The first-order valence-electron chi connectivity index (χ1n) is 12.1. The Morgan fingerprint density at radius 2 is 1.65 bits per heavy atom. The standard InChI is InChI=1S/C26H34F5NO3SSi/c1-24(2,3)37(4,5)35-16-17-15-25(13-12-23(17)32,21-14-19(27)8-11-22(21)28)36(33,34)20-9-6-18(7-10-20)26(29,30)31/h6-11,14,17,23H,12-13,15-16,32H2,1-5H3. The molecule has 0 radical (unpaired) electrons. The van der Waals surface area contributed by atoms with Crippen LogP contribution in [0.1, 0.15) is 51.2 Å². The van der Waals surface area contributed by atoms with Gasteiger partial charge in [0.2, 0.25) is 0 Å². The van der Waals surface area contributed by atoms with Gasteiger partial charge in [0.25, 0.3) is 0 Å². The minimum Gasteiger partial charge on any atom is -0.416 e. The van der Waals surface area contributed by atoms with Gasteiger partial charge in [-0.3, -0.25) is 0 Å². The van der Waals surface area contributed by atoms with Crippen molar-refractivity contribution < 1.29 is 34.8 Å². The van der Waals surface area contributed by atoms with Crippen LogP contribution in [0.2, 0.25) is 18.1 Å². The highest BCUT2D eigenvalue weighted by Gasteiger charge is 2.53. The van der Waals surface area contributed by atoms with Gasteiger partial charge in [0.1, 0.15) is 16.4 Å². The smallest absolute Gasteiger partial charge is 0.416 e. The highest BCUT2D eigenvalue weighted by atomic mass is 32.2. The zero-order valence-corrected chi connectivity index (χ0v) is 23.4. The second-order valence-electron chi connectivity index (χ2n) is 11.4. The fourth-order valence-corrected chi connectivity index (χ4v) is 7.83. The van der Waals surface area contributed by atoms with Gasteiger partial charge in [0.15, 0.2) is 18.2 Å². The Hall–Kier alpha value is -1.82. The number of hydrogen-bond donors (Lipinski definition) is 1. The summed E-state index contributed by atoms with van der Waals surface area (Å²) in [5.41, 5.74) is 5.02. The molecular weight excluding hydrogens is 529 g/mol. The van der Waals surface area contributed by atoms with Gasteiger partial charge in [-0.05, 0) is 85.8 Å². The van der Waals surface area contributed by atoms with E-state index < -0.39 is 63.1 Å². The van der Waals surface area contributed by atoms with E-state index in [1.807, 2.05) is 13.1 Å². The van der Waals surface area contributed by atoms with E-state index in [2.05, 4.69) is 20.8 Å². The lowest BCUT2D eigenvalue weighted by Gasteiger charge is -2.45. The summed E-state index contributed by atoms with van der Waals surface area (Å²) in [5.74, 6) is -2.23. The molecule has 0 spiro atoms. The molecule has 4 nitrogen and oxygen atoms in total. The fraction of sp³-hybridized carbons (Fsp3) is 0.538. The molecule has 2 N–H and O–H groups in total. The molecular formula is C26H34F5NO3SSi. The van der Waals surface area contributed by atoms with Crippen molar-refractivity contribution in [3.63, 3.8) is 0 Å². The molecule has 3 unspecified atom stereocenters. The van der Waals surface area contributed by atoms with E-state index >= 15 is 4.39 Å². The third kappa shape index (κ3) is 5.79. The van der Waals surface area contributed by atoms with Gasteiger partial charge in [-0.2, -0.15) is 13.2 Å². The van der Waals surface area contributed by atoms with Crippen molar-refractivity contribution in [1.82, 2.24) is 0 Å². The van der Waals surface area contributed by atoms with Crippen molar-refractivity contribution in [2.75, 3.05) is 6.61 Å². The molecule has 3 rings (SSSR count). The molecule has 1 fully saturated rings. The summed E-state index contributed by atoms with van der Waals surface area (Å²) in [6.45, 7) is 10.4. The summed E-state index contributed by atoms with van der Waals surface area (Å²) in [6.07, 6.45) is -4.75. The van der Waals surface area contributed by atoms with Crippen molar-refractivity contribution in [3.05, 3.63) is 65.2 Å². The first kappa shape index (κ1) is 29.7. The monoisotopic (exact) mass is 563 g/mol. The molecule has 0 aromatic heterocycles. The molecule has 1 saturated carbocycles. The van der Waals surface area contributed by atoms with Crippen LogP contribution in [0.15, 0.2) is 47.4 Å². The van der Waals surface area contributed by atoms with E-state index in [1.54, 1.807) is 0 Å². The molecule has 0 amide bonds. The molecule has 11 heteroatoms. The zero-order valence-electron chi connectivity index (χ0n) is 21.6. The van der Waals surface area contributed by atoms with Crippen molar-refractivity contribution >= 4 is 18.2 Å². The van der Waals surface area contributed by atoms with Gasteiger partial charge in [0, 0.05) is 18.2 Å². The molecule has 0 bridgehead atoms. The predicted molar refractivity (Wildman–Crippen MR) is 135 cm³/mol. The van der Waals surface area contributed by atoms with Crippen LogP contribution in [0.3, 0.4) is 0 Å². The SMILES string of the molecule is CC(C)(C)[Si](C)(C)OCC1CC(c2cc(F)ccc2F)(S(=O)(=O)c2ccc(C(F)(F)F)cc2)CCC1N. The maximum atomic E-state index is 15.2. The van der Waals surface area contributed by atoms with E-state index in [0.29, 0.717) is 12.1 Å². The molecule has 1 aliphatic rings. The summed E-state index contributed by atoms with van der Waals surface area (Å²) in [6, 6.07) is 5.26. The Kier molecular flexibility index (Phi) is 8.08. The number of hydrogen-bond acceptors (Lipinski definition) is 4. The second kappa shape index (κ2) is 10.1. The normalized spacial score (nSPS) is 23.8. The summed E-state index contributed by atoms with van der Waals surface area (Å²) in [7, 11) is -6.73. The Bertz CT molecular complexity index is 1230. The van der Waals surface area contributed by atoms with Crippen LogP contribution in [-0.2, 0) is 25.2 Å². The largest absolute Gasteiger partial charge is 0.416 e. The lowest BCUT2D eigenvalue weighted by atomic mass is 9.75. The predicted octanol–water partition coefficient (Wildman–Crippen LogP) is 6.80. The Morgan fingerprint density at radius 3 is 2.19 bits per heavy atom. The third-order valence-electron chi connectivity index (χ3n) is 7.97. The summed E-state index contributed by atoms with van der Waals surface area (Å²) < 4.78 is 101. The lowest BCUT2D eigenvalue weighted by molar-refractivity contribution is -0.137. The van der Waals surface area contributed by atoms with Gasteiger partial charge >= 0.3 is 6.18 Å². The van der Waals surface area contributed by atoms with Crippen LogP contribution < -0.4 is 5.73 Å². The van der Waals surface area contributed by atoms with Crippen LogP contribution in [0.4, 0.5) is 22.0 Å². The number of rotatable bonds is 6. The van der Waals surface area contributed by atoms with E-state index in [9.17, 15) is 26.0 Å². The van der Waals surface area contributed by atoms with Crippen molar-refractivity contribution in [2.45, 2.75) is 80.0 Å². The maximum Gasteiger partial charge on any atom is 0.416 e. The van der Waals surface area contributed by atoms with E-state index in [1.165, 1.54) is 0 Å². The topological polar surface area (TPSA) is 69.4 Å². The van der Waals surface area contributed by atoms with Gasteiger partial charge < -0.3 is 10.2 Å². The van der Waals surface area contributed by atoms with Crippen LogP contribution >= 0.6 is 0 Å². The minimum absolute atomic E-state index is 0.117. The van der Waals surface area contributed by atoms with Crippen molar-refractivity contribution in [3.8, 4) is 0 Å². The molecule has 3 atom stereocenters. The minimum atomic E-state index is -4.65. The van der Waals surface area contributed by atoms with Gasteiger partial charge in [-0.25, -0.2) is 17.2 Å². The number of benzene rings is 2. The number of nitrogens with two attached hydrogens (primary N) is 1. The Labute approximate surface area is 216 Å². The van der Waals surface area contributed by atoms with E-state index in [4.69, 9.17) is 10.2 Å². The number of alkyl halides is 3. The van der Waals surface area contributed by atoms with Crippen LogP contribution in [0.5, 0.6) is 0 Å². The molecule has 0 aliphatic heterocycles. The van der Waals surface area contributed by atoms with E-state index in [-0.39, 0.29) is 36.5 Å². The first-order chi connectivity index (χ1) is 16.8. The van der Waals surface area contributed by atoms with E-state index in [0.717, 1.165) is 30.3 Å². The zero-order chi connectivity index (χ0) is 28.0. The van der Waals surface area contributed by atoms with Gasteiger partial charge in [-0.15, -0.1) is 0 Å². The van der Waals surface area contributed by atoms with Crippen LogP contribution in [-0.4, -0.2) is 29.4 Å². The lowest BCUT2D eigenvalue weighted by Crippen LogP contribution is -2.51. The average molecular weight is 564 g/mol.